The molecule has 0 aliphatic carbocycles. The van der Waals surface area contributed by atoms with E-state index < -0.39 is 12.0 Å². The molecule has 0 unspecified atom stereocenters. The van der Waals surface area contributed by atoms with E-state index in [-0.39, 0.29) is 17.7 Å². The van der Waals surface area contributed by atoms with Crippen LogP contribution in [0.1, 0.15) is 29.7 Å². The third-order valence-electron chi connectivity index (χ3n) is 7.19. The highest BCUT2D eigenvalue weighted by molar-refractivity contribution is 7.07. The third kappa shape index (κ3) is 4.80. The van der Waals surface area contributed by atoms with Gasteiger partial charge in [0.1, 0.15) is 17.5 Å². The molecule has 7 nitrogen and oxygen atoms in total. The summed E-state index contributed by atoms with van der Waals surface area (Å²) in [6, 6.07) is 27.8. The Balaban J connectivity index is 1.74. The molecule has 1 atom stereocenters. The lowest BCUT2D eigenvalue weighted by Gasteiger charge is -2.28. The van der Waals surface area contributed by atoms with Crippen LogP contribution in [0.15, 0.2) is 106 Å². The maximum atomic E-state index is 14.3. The fourth-order valence-corrected chi connectivity index (χ4v) is 6.33. The van der Waals surface area contributed by atoms with E-state index >= 15 is 0 Å². The molecule has 0 saturated carbocycles. The lowest BCUT2D eigenvalue weighted by molar-refractivity contribution is -0.138. The number of fused-ring (bicyclic) bond motifs is 2. The number of hydrogen-bond acceptors (Lipinski definition) is 7. The summed E-state index contributed by atoms with van der Waals surface area (Å²) in [5.41, 5.74) is 2.72. The highest BCUT2D eigenvalue weighted by atomic mass is 32.1. The summed E-state index contributed by atoms with van der Waals surface area (Å²) in [4.78, 5) is 33.6. The molecule has 0 amide bonds. The number of esters is 1. The lowest BCUT2D eigenvalue weighted by atomic mass is 9.89. The molecular weight excluding hydrogens is 548 g/mol. The molecule has 0 saturated heterocycles. The van der Waals surface area contributed by atoms with Crippen molar-refractivity contribution in [2.45, 2.75) is 13.0 Å². The van der Waals surface area contributed by atoms with E-state index in [0.717, 1.165) is 21.9 Å². The molecule has 42 heavy (non-hydrogen) atoms. The van der Waals surface area contributed by atoms with Crippen molar-refractivity contribution in [3.63, 3.8) is 0 Å². The van der Waals surface area contributed by atoms with Crippen LogP contribution in [0.3, 0.4) is 0 Å². The van der Waals surface area contributed by atoms with Gasteiger partial charge in [-0.1, -0.05) is 84.1 Å². The van der Waals surface area contributed by atoms with Crippen molar-refractivity contribution in [2.75, 3.05) is 20.8 Å². The molecule has 0 fully saturated rings. The third-order valence-corrected chi connectivity index (χ3v) is 8.17. The van der Waals surface area contributed by atoms with Crippen LogP contribution in [0, 0.1) is 0 Å². The van der Waals surface area contributed by atoms with Crippen molar-refractivity contribution in [2.24, 2.45) is 4.99 Å². The Hall–Kier alpha value is -4.95. The average Bonchev–Trinajstić information content (AvgIpc) is 3.34. The Morgan fingerprint density at radius 2 is 1.74 bits per heavy atom. The summed E-state index contributed by atoms with van der Waals surface area (Å²) < 4.78 is 19.0. The highest BCUT2D eigenvalue weighted by Gasteiger charge is 2.37. The zero-order valence-electron chi connectivity index (χ0n) is 23.4. The number of nitrogens with zero attached hydrogens (tertiary/aromatic N) is 2. The molecule has 0 bridgehead atoms. The second kappa shape index (κ2) is 11.5. The molecule has 1 aliphatic heterocycles. The van der Waals surface area contributed by atoms with Crippen molar-refractivity contribution < 1.29 is 19.0 Å². The number of carbonyl (C=O) groups excluding carboxylic acids is 1. The molecule has 4 aromatic carbocycles. The van der Waals surface area contributed by atoms with Crippen molar-refractivity contribution in [3.05, 3.63) is 133 Å². The fourth-order valence-electron chi connectivity index (χ4n) is 5.33. The number of benzene rings is 4. The zero-order valence-corrected chi connectivity index (χ0v) is 24.2. The van der Waals surface area contributed by atoms with Gasteiger partial charge in [-0.15, -0.1) is 0 Å². The molecular formula is C34H28N2O5S. The highest BCUT2D eigenvalue weighted by Crippen LogP contribution is 2.42. The minimum Gasteiger partial charge on any atom is -0.497 e. The first kappa shape index (κ1) is 27.2. The normalized spacial score (nSPS) is 14.8. The summed E-state index contributed by atoms with van der Waals surface area (Å²) in [5, 5.41) is 1.81. The predicted octanol–water partition coefficient (Wildman–Crippen LogP) is 5.11. The first-order valence-electron chi connectivity index (χ1n) is 13.5. The Labute approximate surface area is 246 Å². The minimum atomic E-state index is -0.857. The van der Waals surface area contributed by atoms with Gasteiger partial charge in [0.05, 0.1) is 36.6 Å². The van der Waals surface area contributed by atoms with E-state index in [9.17, 15) is 9.59 Å². The van der Waals surface area contributed by atoms with Crippen LogP contribution in [0.5, 0.6) is 11.5 Å². The standard InChI is InChI=1S/C34H28N2O5S/c1-4-41-33(38)29-30(23-13-6-5-7-14-23)35-34-36(32(37)27(42-34)20-21-11-10-15-24(19-21)39-2)31(29)28-25-16-9-8-12-22(25)17-18-26(28)40-3/h5-20,31H,4H2,1-3H3/t31-/m1/s1. The number of carbonyl (C=O) groups is 1. The Kier molecular flexibility index (Phi) is 7.46. The first-order valence-corrected chi connectivity index (χ1v) is 14.3. The van der Waals surface area contributed by atoms with Gasteiger partial charge in [0.2, 0.25) is 0 Å². The van der Waals surface area contributed by atoms with Gasteiger partial charge in [0, 0.05) is 11.1 Å². The number of ether oxygens (including phenoxy) is 3. The van der Waals surface area contributed by atoms with E-state index in [1.54, 1.807) is 25.7 Å². The van der Waals surface area contributed by atoms with Gasteiger partial charge in [-0.05, 0) is 47.5 Å². The maximum Gasteiger partial charge on any atom is 0.338 e. The van der Waals surface area contributed by atoms with Crippen LogP contribution in [0.2, 0.25) is 0 Å². The fraction of sp³-hybridized carbons (Fsp3) is 0.147. The predicted molar refractivity (Wildman–Crippen MR) is 165 cm³/mol. The average molecular weight is 577 g/mol. The van der Waals surface area contributed by atoms with E-state index in [2.05, 4.69) is 0 Å². The van der Waals surface area contributed by atoms with Crippen molar-refractivity contribution >= 4 is 39.9 Å². The minimum absolute atomic E-state index is 0.171. The molecule has 8 heteroatoms. The number of aromatic nitrogens is 1. The van der Waals surface area contributed by atoms with Crippen molar-refractivity contribution in [1.29, 1.82) is 0 Å². The van der Waals surface area contributed by atoms with Gasteiger partial charge in [-0.3, -0.25) is 9.36 Å². The quantitative estimate of drug-likeness (QED) is 0.252. The van der Waals surface area contributed by atoms with Gasteiger partial charge in [0.15, 0.2) is 4.80 Å². The summed E-state index contributed by atoms with van der Waals surface area (Å²) >= 11 is 1.27. The van der Waals surface area contributed by atoms with Crippen LogP contribution in [0.25, 0.3) is 22.5 Å². The van der Waals surface area contributed by atoms with Crippen molar-refractivity contribution in [1.82, 2.24) is 4.57 Å². The maximum absolute atomic E-state index is 14.3. The number of hydrogen-bond donors (Lipinski definition) is 0. The van der Waals surface area contributed by atoms with Gasteiger partial charge in [-0.25, -0.2) is 9.79 Å². The van der Waals surface area contributed by atoms with Gasteiger partial charge in [0.25, 0.3) is 5.56 Å². The molecule has 0 N–H and O–H groups in total. The Morgan fingerprint density at radius 1 is 0.952 bits per heavy atom. The summed E-state index contributed by atoms with van der Waals surface area (Å²) in [7, 11) is 3.19. The zero-order chi connectivity index (χ0) is 29.2. The van der Waals surface area contributed by atoms with E-state index in [4.69, 9.17) is 19.2 Å². The number of rotatable bonds is 7. The molecule has 0 radical (unpaired) electrons. The molecule has 210 valence electrons. The summed E-state index contributed by atoms with van der Waals surface area (Å²) in [6.07, 6.45) is 1.82. The van der Waals surface area contributed by atoms with E-state index in [1.807, 2.05) is 97.1 Å². The second-order valence-electron chi connectivity index (χ2n) is 9.61. The SMILES string of the molecule is CCOC(=O)C1=C(c2ccccc2)N=c2sc(=Cc3cccc(OC)c3)c(=O)n2[C@@H]1c1c(OC)ccc2ccccc12. The molecule has 2 heterocycles. The molecule has 1 aromatic heterocycles. The topological polar surface area (TPSA) is 79.1 Å². The van der Waals surface area contributed by atoms with Crippen LogP contribution in [-0.2, 0) is 9.53 Å². The molecule has 5 aromatic rings. The monoisotopic (exact) mass is 576 g/mol. The van der Waals surface area contributed by atoms with Crippen molar-refractivity contribution in [3.8, 4) is 11.5 Å². The Bertz CT molecular complexity index is 2020. The van der Waals surface area contributed by atoms with Crippen LogP contribution in [0.4, 0.5) is 0 Å². The largest absolute Gasteiger partial charge is 0.497 e. The van der Waals surface area contributed by atoms with Gasteiger partial charge < -0.3 is 14.2 Å². The van der Waals surface area contributed by atoms with E-state index in [0.29, 0.717) is 32.1 Å². The molecule has 0 spiro atoms. The van der Waals surface area contributed by atoms with Gasteiger partial charge >= 0.3 is 5.97 Å². The molecule has 1 aliphatic rings. The first-order chi connectivity index (χ1) is 20.5. The second-order valence-corrected chi connectivity index (χ2v) is 10.6. The number of thiazole rings is 1. The van der Waals surface area contributed by atoms with Crippen LogP contribution in [-0.4, -0.2) is 31.4 Å². The number of methoxy groups -OCH3 is 2. The Morgan fingerprint density at radius 3 is 2.50 bits per heavy atom. The summed E-state index contributed by atoms with van der Waals surface area (Å²) in [6.45, 7) is 1.93. The van der Waals surface area contributed by atoms with Crippen LogP contribution < -0.4 is 24.4 Å². The van der Waals surface area contributed by atoms with Crippen LogP contribution >= 0.6 is 11.3 Å². The smallest absolute Gasteiger partial charge is 0.338 e. The lowest BCUT2D eigenvalue weighted by Crippen LogP contribution is -2.40. The van der Waals surface area contributed by atoms with Gasteiger partial charge in [-0.2, -0.15) is 0 Å². The molecule has 6 rings (SSSR count). The summed E-state index contributed by atoms with van der Waals surface area (Å²) in [5.74, 6) is 0.699. The van der Waals surface area contributed by atoms with E-state index in [1.165, 1.54) is 11.3 Å².